The fourth-order valence-corrected chi connectivity index (χ4v) is 3.02. The Balaban J connectivity index is 1.73. The summed E-state index contributed by atoms with van der Waals surface area (Å²) < 4.78 is 7.12. The van der Waals surface area contributed by atoms with Crippen molar-refractivity contribution in [3.8, 4) is 27.8 Å². The molecule has 108 valence electrons. The largest absolute Gasteiger partial charge is 0.463 e. The van der Waals surface area contributed by atoms with Crippen LogP contribution < -0.4 is 5.73 Å². The number of nitrogen functional groups attached to an aromatic ring is 1. The van der Waals surface area contributed by atoms with Gasteiger partial charge in [0.25, 0.3) is 0 Å². The lowest BCUT2D eigenvalue weighted by Crippen LogP contribution is -1.98. The van der Waals surface area contributed by atoms with Crippen molar-refractivity contribution in [1.82, 2.24) is 14.5 Å². The first kappa shape index (κ1) is 12.8. The Morgan fingerprint density at radius 2 is 1.86 bits per heavy atom. The number of benzene rings is 1. The van der Waals surface area contributed by atoms with Crippen LogP contribution in [0.5, 0.6) is 0 Å². The molecule has 0 radical (unpaired) electrons. The third-order valence-corrected chi connectivity index (χ3v) is 4.11. The number of nitrogens with two attached hydrogens (primary N) is 1. The molecule has 6 heteroatoms. The molecule has 5 nitrogen and oxygen atoms in total. The van der Waals surface area contributed by atoms with Gasteiger partial charge in [0.2, 0.25) is 5.95 Å². The van der Waals surface area contributed by atoms with E-state index in [4.69, 9.17) is 10.2 Å². The van der Waals surface area contributed by atoms with Crippen LogP contribution >= 0.6 is 11.3 Å². The summed E-state index contributed by atoms with van der Waals surface area (Å²) in [7, 11) is 0. The molecule has 0 spiro atoms. The van der Waals surface area contributed by atoms with Crippen LogP contribution in [0.25, 0.3) is 27.8 Å². The van der Waals surface area contributed by atoms with E-state index in [-0.39, 0.29) is 0 Å². The van der Waals surface area contributed by atoms with Crippen molar-refractivity contribution >= 4 is 17.3 Å². The molecule has 0 amide bonds. The highest BCUT2D eigenvalue weighted by atomic mass is 32.1. The van der Waals surface area contributed by atoms with Crippen LogP contribution in [-0.2, 0) is 0 Å². The lowest BCUT2D eigenvalue weighted by atomic mass is 10.2. The summed E-state index contributed by atoms with van der Waals surface area (Å²) in [6, 6.07) is 13.7. The number of anilines is 1. The van der Waals surface area contributed by atoms with Gasteiger partial charge in [-0.05, 0) is 12.1 Å². The quantitative estimate of drug-likeness (QED) is 0.624. The minimum Gasteiger partial charge on any atom is -0.463 e. The number of aromatic nitrogens is 3. The first-order chi connectivity index (χ1) is 10.8. The highest BCUT2D eigenvalue weighted by Gasteiger charge is 2.13. The maximum absolute atomic E-state index is 6.00. The Morgan fingerprint density at radius 3 is 2.64 bits per heavy atom. The SMILES string of the molecule is Nc1nc(-c2ccco2)cn1-c1nc(-c2ccccc2)cs1. The summed E-state index contributed by atoms with van der Waals surface area (Å²) in [5.74, 6) is 1.07. The van der Waals surface area contributed by atoms with E-state index in [0.717, 1.165) is 16.4 Å². The molecule has 0 aliphatic carbocycles. The van der Waals surface area contributed by atoms with Gasteiger partial charge >= 0.3 is 0 Å². The molecule has 0 atom stereocenters. The number of hydrogen-bond acceptors (Lipinski definition) is 5. The average Bonchev–Trinajstić information content (AvgIpc) is 3.28. The lowest BCUT2D eigenvalue weighted by molar-refractivity contribution is 0.580. The highest BCUT2D eigenvalue weighted by molar-refractivity contribution is 7.12. The standard InChI is InChI=1S/C16H12N4OS/c17-15-18-12(14-7-4-8-21-14)9-20(15)16-19-13(10-22-16)11-5-2-1-3-6-11/h1-10H,(H2,17,18). The topological polar surface area (TPSA) is 69.9 Å². The van der Waals surface area contributed by atoms with Crippen LogP contribution in [0.1, 0.15) is 0 Å². The Morgan fingerprint density at radius 1 is 1.00 bits per heavy atom. The molecule has 0 unspecified atom stereocenters. The minimum absolute atomic E-state index is 0.389. The molecule has 4 aromatic rings. The molecule has 0 aliphatic heterocycles. The van der Waals surface area contributed by atoms with Gasteiger partial charge in [-0.25, -0.2) is 9.97 Å². The minimum atomic E-state index is 0.389. The van der Waals surface area contributed by atoms with E-state index in [1.165, 1.54) is 11.3 Å². The van der Waals surface area contributed by atoms with Gasteiger partial charge in [0, 0.05) is 17.1 Å². The second-order valence-corrected chi connectivity index (χ2v) is 5.55. The summed E-state index contributed by atoms with van der Waals surface area (Å²) >= 11 is 1.52. The van der Waals surface area contributed by atoms with E-state index in [0.29, 0.717) is 17.4 Å². The van der Waals surface area contributed by atoms with Crippen LogP contribution in [0.3, 0.4) is 0 Å². The third kappa shape index (κ3) is 2.19. The molecule has 3 heterocycles. The van der Waals surface area contributed by atoms with E-state index in [1.54, 1.807) is 10.8 Å². The van der Waals surface area contributed by atoms with Crippen molar-refractivity contribution < 1.29 is 4.42 Å². The smallest absolute Gasteiger partial charge is 0.207 e. The number of thiazole rings is 1. The van der Waals surface area contributed by atoms with Crippen LogP contribution in [0.15, 0.2) is 64.7 Å². The Labute approximate surface area is 130 Å². The molecule has 4 rings (SSSR count). The van der Waals surface area contributed by atoms with Crippen molar-refractivity contribution in [2.45, 2.75) is 0 Å². The number of imidazole rings is 1. The number of rotatable bonds is 3. The van der Waals surface area contributed by atoms with Crippen molar-refractivity contribution in [1.29, 1.82) is 0 Å². The van der Waals surface area contributed by atoms with Gasteiger partial charge in [0.05, 0.1) is 12.0 Å². The molecular formula is C16H12N4OS. The average molecular weight is 308 g/mol. The van der Waals surface area contributed by atoms with Crippen molar-refractivity contribution in [3.63, 3.8) is 0 Å². The monoisotopic (exact) mass is 308 g/mol. The van der Waals surface area contributed by atoms with Crippen LogP contribution in [0.2, 0.25) is 0 Å². The van der Waals surface area contributed by atoms with Gasteiger partial charge in [0.15, 0.2) is 10.9 Å². The van der Waals surface area contributed by atoms with E-state index in [1.807, 2.05) is 54.0 Å². The third-order valence-electron chi connectivity index (χ3n) is 3.27. The highest BCUT2D eigenvalue weighted by Crippen LogP contribution is 2.27. The van der Waals surface area contributed by atoms with Crippen molar-refractivity contribution in [3.05, 3.63) is 60.3 Å². The zero-order chi connectivity index (χ0) is 14.9. The molecule has 0 saturated heterocycles. The number of hydrogen-bond donors (Lipinski definition) is 1. The summed E-state index contributed by atoms with van der Waals surface area (Å²) in [6.07, 6.45) is 3.45. The van der Waals surface area contributed by atoms with E-state index < -0.39 is 0 Å². The summed E-state index contributed by atoms with van der Waals surface area (Å²) in [6.45, 7) is 0. The second kappa shape index (κ2) is 5.16. The molecule has 0 bridgehead atoms. The molecule has 1 aromatic carbocycles. The van der Waals surface area contributed by atoms with Crippen LogP contribution in [-0.4, -0.2) is 14.5 Å². The van der Waals surface area contributed by atoms with Gasteiger partial charge in [-0.1, -0.05) is 30.3 Å². The van der Waals surface area contributed by atoms with E-state index >= 15 is 0 Å². The summed E-state index contributed by atoms with van der Waals surface area (Å²) in [5, 5.41) is 2.79. The Hall–Kier alpha value is -2.86. The summed E-state index contributed by atoms with van der Waals surface area (Å²) in [5.41, 5.74) is 8.70. The molecule has 3 aromatic heterocycles. The van der Waals surface area contributed by atoms with Crippen molar-refractivity contribution in [2.75, 3.05) is 5.73 Å². The molecule has 0 fully saturated rings. The fraction of sp³-hybridized carbons (Fsp3) is 0. The normalized spacial score (nSPS) is 10.9. The molecule has 0 saturated carbocycles. The van der Waals surface area contributed by atoms with Gasteiger partial charge in [-0.3, -0.25) is 4.57 Å². The van der Waals surface area contributed by atoms with Gasteiger partial charge in [-0.2, -0.15) is 0 Å². The number of nitrogens with zero attached hydrogens (tertiary/aromatic N) is 3. The lowest BCUT2D eigenvalue weighted by Gasteiger charge is -1.98. The molecule has 0 aliphatic rings. The first-order valence-corrected chi connectivity index (χ1v) is 7.59. The Kier molecular flexibility index (Phi) is 3.01. The molecule has 2 N–H and O–H groups in total. The maximum Gasteiger partial charge on any atom is 0.207 e. The zero-order valence-corrected chi connectivity index (χ0v) is 12.3. The van der Waals surface area contributed by atoms with Crippen LogP contribution in [0, 0.1) is 0 Å². The van der Waals surface area contributed by atoms with Gasteiger partial charge < -0.3 is 10.2 Å². The van der Waals surface area contributed by atoms with E-state index in [2.05, 4.69) is 9.97 Å². The summed E-state index contributed by atoms with van der Waals surface area (Å²) in [4.78, 5) is 8.96. The van der Waals surface area contributed by atoms with E-state index in [9.17, 15) is 0 Å². The van der Waals surface area contributed by atoms with Crippen molar-refractivity contribution in [2.24, 2.45) is 0 Å². The van der Waals surface area contributed by atoms with Gasteiger partial charge in [0.1, 0.15) is 5.69 Å². The fourth-order valence-electron chi connectivity index (χ4n) is 2.21. The first-order valence-electron chi connectivity index (χ1n) is 6.71. The predicted molar refractivity (Wildman–Crippen MR) is 86.8 cm³/mol. The number of furan rings is 1. The predicted octanol–water partition coefficient (Wildman–Crippen LogP) is 3.84. The second-order valence-electron chi connectivity index (χ2n) is 4.71. The van der Waals surface area contributed by atoms with Gasteiger partial charge in [-0.15, -0.1) is 11.3 Å². The molecular weight excluding hydrogens is 296 g/mol. The molecule has 22 heavy (non-hydrogen) atoms. The Bertz CT molecular complexity index is 894. The zero-order valence-electron chi connectivity index (χ0n) is 11.5. The van der Waals surface area contributed by atoms with Crippen LogP contribution in [0.4, 0.5) is 5.95 Å². The maximum atomic E-state index is 6.00.